The second-order valence-corrected chi connectivity index (χ2v) is 7.80. The molecule has 0 aromatic heterocycles. The Balaban J connectivity index is 2.02. The average molecular weight is 348 g/mol. The van der Waals surface area contributed by atoms with Crippen LogP contribution in [0.15, 0.2) is 48.5 Å². The predicted octanol–water partition coefficient (Wildman–Crippen LogP) is 4.37. The van der Waals surface area contributed by atoms with Crippen molar-refractivity contribution >= 4 is 11.6 Å². The van der Waals surface area contributed by atoms with Crippen LogP contribution in [0, 0.1) is 5.41 Å². The molecular formula is C20H26ClNO2. The number of nitrogens with two attached hydrogens (primary N) is 1. The minimum absolute atomic E-state index is 0.106. The Kier molecular flexibility index (Phi) is 6.27. The largest absolute Gasteiger partial charge is 0.493 e. The fraction of sp³-hybridized carbons (Fsp3) is 0.400. The second-order valence-electron chi connectivity index (χ2n) is 7.36. The number of halogens is 1. The molecule has 24 heavy (non-hydrogen) atoms. The number of hydrogen-bond acceptors (Lipinski definition) is 3. The Morgan fingerprint density at radius 2 is 1.83 bits per heavy atom. The van der Waals surface area contributed by atoms with Gasteiger partial charge in [-0.15, -0.1) is 0 Å². The van der Waals surface area contributed by atoms with Crippen molar-refractivity contribution in [2.45, 2.75) is 39.3 Å². The van der Waals surface area contributed by atoms with Gasteiger partial charge in [0.15, 0.2) is 0 Å². The summed E-state index contributed by atoms with van der Waals surface area (Å²) in [5, 5.41) is 11.0. The molecule has 0 heterocycles. The Labute approximate surface area is 149 Å². The highest BCUT2D eigenvalue weighted by Crippen LogP contribution is 2.23. The Hall–Kier alpha value is -1.55. The van der Waals surface area contributed by atoms with Crippen LogP contribution < -0.4 is 10.5 Å². The van der Waals surface area contributed by atoms with E-state index in [0.29, 0.717) is 18.1 Å². The van der Waals surface area contributed by atoms with Crippen LogP contribution >= 0.6 is 11.6 Å². The van der Waals surface area contributed by atoms with Gasteiger partial charge in [0.1, 0.15) is 5.75 Å². The smallest absolute Gasteiger partial charge is 0.119 e. The second kappa shape index (κ2) is 8.02. The van der Waals surface area contributed by atoms with Gasteiger partial charge < -0.3 is 15.6 Å². The number of aliphatic hydroxyl groups excluding tert-OH is 1. The lowest BCUT2D eigenvalue weighted by Gasteiger charge is -2.21. The first-order chi connectivity index (χ1) is 11.2. The molecule has 0 bridgehead atoms. The Morgan fingerprint density at radius 1 is 1.12 bits per heavy atom. The summed E-state index contributed by atoms with van der Waals surface area (Å²) in [6.45, 7) is 7.05. The van der Waals surface area contributed by atoms with Crippen LogP contribution in [0.4, 0.5) is 0 Å². The van der Waals surface area contributed by atoms with Gasteiger partial charge in [0.2, 0.25) is 0 Å². The summed E-state index contributed by atoms with van der Waals surface area (Å²) in [6.07, 6.45) is -0.205. The monoisotopic (exact) mass is 347 g/mol. The molecule has 0 radical (unpaired) electrons. The van der Waals surface area contributed by atoms with Crippen LogP contribution in [0.25, 0.3) is 0 Å². The van der Waals surface area contributed by atoms with Gasteiger partial charge in [-0.25, -0.2) is 0 Å². The van der Waals surface area contributed by atoms with E-state index in [-0.39, 0.29) is 5.41 Å². The van der Waals surface area contributed by atoms with Crippen molar-refractivity contribution in [1.82, 2.24) is 0 Å². The lowest BCUT2D eigenvalue weighted by molar-refractivity contribution is 0.146. The van der Waals surface area contributed by atoms with Crippen LogP contribution in [-0.4, -0.2) is 17.8 Å². The summed E-state index contributed by atoms with van der Waals surface area (Å²) in [6, 6.07) is 14.6. The van der Waals surface area contributed by atoms with E-state index in [9.17, 15) is 5.11 Å². The third kappa shape index (κ3) is 5.82. The van der Waals surface area contributed by atoms with Gasteiger partial charge in [0.05, 0.1) is 12.7 Å². The van der Waals surface area contributed by atoms with E-state index in [1.54, 1.807) is 12.1 Å². The third-order valence-corrected chi connectivity index (χ3v) is 3.87. The number of ether oxygens (including phenoxy) is 1. The summed E-state index contributed by atoms with van der Waals surface area (Å²) in [5.41, 5.74) is 8.07. The van der Waals surface area contributed by atoms with Gasteiger partial charge in [-0.1, -0.05) is 56.6 Å². The summed E-state index contributed by atoms with van der Waals surface area (Å²) < 4.78 is 5.83. The molecule has 0 spiro atoms. The normalized spacial score (nSPS) is 14.2. The van der Waals surface area contributed by atoms with Crippen molar-refractivity contribution in [2.75, 3.05) is 6.61 Å². The van der Waals surface area contributed by atoms with E-state index in [1.165, 1.54) is 0 Å². The maximum absolute atomic E-state index is 10.4. The highest BCUT2D eigenvalue weighted by Gasteiger charge is 2.18. The molecule has 2 atom stereocenters. The predicted molar refractivity (Wildman–Crippen MR) is 99.5 cm³/mol. The van der Waals surface area contributed by atoms with Gasteiger partial charge >= 0.3 is 0 Å². The molecule has 0 saturated carbocycles. The molecule has 0 aliphatic rings. The SMILES string of the molecule is CC(C)(C)COc1cccc(CC(N)C(O)c2cccc(Cl)c2)c1. The van der Waals surface area contributed by atoms with E-state index < -0.39 is 12.1 Å². The van der Waals surface area contributed by atoms with Crippen LogP contribution in [0.1, 0.15) is 38.0 Å². The Morgan fingerprint density at radius 3 is 2.50 bits per heavy atom. The molecule has 2 rings (SSSR count). The van der Waals surface area contributed by atoms with Crippen molar-refractivity contribution in [3.63, 3.8) is 0 Å². The van der Waals surface area contributed by atoms with Crippen LogP contribution in [0.3, 0.4) is 0 Å². The Bertz CT molecular complexity index is 667. The van der Waals surface area contributed by atoms with Crippen molar-refractivity contribution in [3.05, 3.63) is 64.7 Å². The zero-order valence-corrected chi connectivity index (χ0v) is 15.3. The fourth-order valence-corrected chi connectivity index (χ4v) is 2.58. The molecule has 0 saturated heterocycles. The van der Waals surface area contributed by atoms with Crippen molar-refractivity contribution < 1.29 is 9.84 Å². The standard InChI is InChI=1S/C20H26ClNO2/c1-20(2,3)13-24-17-9-4-6-14(10-17)11-18(22)19(23)15-7-5-8-16(21)12-15/h4-10,12,18-19,23H,11,13,22H2,1-3H3. The molecule has 3 N–H and O–H groups in total. The van der Waals surface area contributed by atoms with Crippen LogP contribution in [-0.2, 0) is 6.42 Å². The van der Waals surface area contributed by atoms with Crippen molar-refractivity contribution in [1.29, 1.82) is 0 Å². The van der Waals surface area contributed by atoms with Gasteiger partial charge in [-0.3, -0.25) is 0 Å². The molecule has 0 aliphatic carbocycles. The third-order valence-electron chi connectivity index (χ3n) is 3.64. The first kappa shape index (κ1) is 18.8. The number of hydrogen-bond donors (Lipinski definition) is 2. The maximum atomic E-state index is 10.4. The van der Waals surface area contributed by atoms with Crippen molar-refractivity contribution in [2.24, 2.45) is 11.1 Å². The van der Waals surface area contributed by atoms with E-state index in [2.05, 4.69) is 20.8 Å². The fourth-order valence-electron chi connectivity index (χ4n) is 2.38. The first-order valence-electron chi connectivity index (χ1n) is 8.15. The van der Waals surface area contributed by atoms with E-state index in [4.69, 9.17) is 22.1 Å². The summed E-state index contributed by atoms with van der Waals surface area (Å²) in [4.78, 5) is 0. The lowest BCUT2D eigenvalue weighted by atomic mass is 9.96. The quantitative estimate of drug-likeness (QED) is 0.815. The molecule has 130 valence electrons. The lowest BCUT2D eigenvalue weighted by Crippen LogP contribution is -2.30. The van der Waals surface area contributed by atoms with Gasteiger partial charge in [0.25, 0.3) is 0 Å². The molecule has 3 nitrogen and oxygen atoms in total. The summed E-state index contributed by atoms with van der Waals surface area (Å²) >= 11 is 5.98. The minimum atomic E-state index is -0.761. The van der Waals surface area contributed by atoms with E-state index in [1.807, 2.05) is 36.4 Å². The molecule has 0 amide bonds. The van der Waals surface area contributed by atoms with Gasteiger partial charge in [-0.2, -0.15) is 0 Å². The number of rotatable bonds is 6. The average Bonchev–Trinajstić information content (AvgIpc) is 2.52. The molecule has 0 fully saturated rings. The summed E-state index contributed by atoms with van der Waals surface area (Å²) in [5.74, 6) is 0.826. The number of aliphatic hydroxyl groups is 1. The zero-order valence-electron chi connectivity index (χ0n) is 14.5. The summed E-state index contributed by atoms with van der Waals surface area (Å²) in [7, 11) is 0. The topological polar surface area (TPSA) is 55.5 Å². The minimum Gasteiger partial charge on any atom is -0.493 e. The van der Waals surface area contributed by atoms with Crippen molar-refractivity contribution in [3.8, 4) is 5.75 Å². The molecule has 0 aliphatic heterocycles. The highest BCUT2D eigenvalue weighted by molar-refractivity contribution is 6.30. The van der Waals surface area contributed by atoms with Crippen LogP contribution in [0.5, 0.6) is 5.75 Å². The van der Waals surface area contributed by atoms with Gasteiger partial charge in [0, 0.05) is 11.1 Å². The zero-order chi connectivity index (χ0) is 17.7. The van der Waals surface area contributed by atoms with E-state index in [0.717, 1.165) is 16.9 Å². The first-order valence-corrected chi connectivity index (χ1v) is 8.53. The molecule has 2 unspecified atom stereocenters. The molecule has 2 aromatic rings. The van der Waals surface area contributed by atoms with E-state index >= 15 is 0 Å². The number of benzene rings is 2. The molecular weight excluding hydrogens is 322 g/mol. The van der Waals surface area contributed by atoms with Gasteiger partial charge in [-0.05, 0) is 47.2 Å². The molecule has 4 heteroatoms. The maximum Gasteiger partial charge on any atom is 0.119 e. The molecule has 2 aromatic carbocycles. The van der Waals surface area contributed by atoms with Crippen LogP contribution in [0.2, 0.25) is 5.02 Å². The highest BCUT2D eigenvalue weighted by atomic mass is 35.5.